The first-order chi connectivity index (χ1) is 18.0. The van der Waals surface area contributed by atoms with E-state index in [-0.39, 0.29) is 43.0 Å². The van der Waals surface area contributed by atoms with Crippen LogP contribution in [0.25, 0.3) is 0 Å². The molecular weight excluding hydrogens is 527 g/mol. The van der Waals surface area contributed by atoms with Gasteiger partial charge in [-0.3, -0.25) is 9.69 Å². The van der Waals surface area contributed by atoms with Gasteiger partial charge in [-0.15, -0.1) is 11.6 Å². The van der Waals surface area contributed by atoms with E-state index in [1.165, 1.54) is 29.6 Å². The molecule has 3 aromatic carbocycles. The number of hydrogen-bond donors (Lipinski definition) is 1. The SMILES string of the molecule is CC1CN1C.CC1CN1C(c1ccccc1)(c1ccccc1)c1ccccc1.CCl.CSC.O=COO.[H-].[Na+]. The maximum absolute atomic E-state index is 8.70. The smallest absolute Gasteiger partial charge is 1.00 e. The largest absolute Gasteiger partial charge is 1.00 e. The Bertz CT molecular complexity index is 891. The molecule has 5 rings (SSSR count). The van der Waals surface area contributed by atoms with Crippen LogP contribution < -0.4 is 29.6 Å². The Labute approximate surface area is 262 Å². The fraction of sp³-hybridized carbons (Fsp3) is 0.367. The van der Waals surface area contributed by atoms with Crippen LogP contribution in [0.5, 0.6) is 0 Å². The van der Waals surface area contributed by atoms with E-state index >= 15 is 0 Å². The summed E-state index contributed by atoms with van der Waals surface area (Å²) in [6, 6.07) is 34.1. The summed E-state index contributed by atoms with van der Waals surface area (Å²) in [4.78, 5) is 16.4. The second-order valence-electron chi connectivity index (χ2n) is 8.71. The Morgan fingerprint density at radius 2 is 1.08 bits per heavy atom. The normalized spacial score (nSPS) is 19.9. The van der Waals surface area contributed by atoms with E-state index in [2.05, 4.69) is 138 Å². The molecule has 38 heavy (non-hydrogen) atoms. The Morgan fingerprint density at radius 1 is 0.842 bits per heavy atom. The Morgan fingerprint density at radius 3 is 1.24 bits per heavy atom. The first-order valence-electron chi connectivity index (χ1n) is 12.1. The summed E-state index contributed by atoms with van der Waals surface area (Å²) in [5.41, 5.74) is 3.80. The van der Waals surface area contributed by atoms with Gasteiger partial charge in [0, 0.05) is 31.6 Å². The number of carbonyl (C=O) groups is 1. The molecule has 2 heterocycles. The Hall–Kier alpha value is -1.35. The molecule has 2 aliphatic rings. The number of thioether (sulfide) groups is 1. The molecule has 2 fully saturated rings. The van der Waals surface area contributed by atoms with Crippen molar-refractivity contribution in [2.75, 3.05) is 39.0 Å². The molecule has 3 aromatic rings. The second kappa shape index (κ2) is 20.5. The van der Waals surface area contributed by atoms with Crippen LogP contribution in [-0.4, -0.2) is 72.6 Å². The number of hydrogen-bond acceptors (Lipinski definition) is 6. The molecular formula is C30H42ClN2NaO3S. The maximum atomic E-state index is 8.70. The first kappa shape index (κ1) is 36.6. The monoisotopic (exact) mass is 568 g/mol. The molecule has 1 N–H and O–H groups in total. The summed E-state index contributed by atoms with van der Waals surface area (Å²) in [6.45, 7) is 6.89. The molecule has 204 valence electrons. The van der Waals surface area contributed by atoms with Crippen LogP contribution in [0, 0.1) is 0 Å². The zero-order chi connectivity index (χ0) is 27.7. The van der Waals surface area contributed by atoms with Crippen LogP contribution >= 0.6 is 23.4 Å². The van der Waals surface area contributed by atoms with Crippen molar-refractivity contribution < 1.29 is 45.9 Å². The molecule has 2 aliphatic heterocycles. The molecule has 8 heteroatoms. The van der Waals surface area contributed by atoms with Gasteiger partial charge < -0.3 is 11.2 Å². The molecule has 4 unspecified atom stereocenters. The molecule has 0 saturated carbocycles. The minimum absolute atomic E-state index is 0. The summed E-state index contributed by atoms with van der Waals surface area (Å²) < 4.78 is 0. The van der Waals surface area contributed by atoms with Gasteiger partial charge in [-0.2, -0.15) is 11.8 Å². The molecule has 0 aromatic heterocycles. The van der Waals surface area contributed by atoms with Crippen molar-refractivity contribution in [3.63, 3.8) is 0 Å². The topological polar surface area (TPSA) is 52.5 Å². The zero-order valence-corrected chi connectivity index (χ0v) is 27.3. The predicted molar refractivity (Wildman–Crippen MR) is 160 cm³/mol. The Balaban J connectivity index is 0. The van der Waals surface area contributed by atoms with Crippen LogP contribution in [0.15, 0.2) is 91.0 Å². The number of halogens is 1. The molecule has 0 bridgehead atoms. The number of rotatable bonds is 5. The van der Waals surface area contributed by atoms with Crippen LogP contribution in [-0.2, 0) is 15.2 Å². The molecule has 0 spiro atoms. The van der Waals surface area contributed by atoms with E-state index in [0.717, 1.165) is 12.6 Å². The predicted octanol–water partition coefficient (Wildman–Crippen LogP) is 3.59. The van der Waals surface area contributed by atoms with Crippen molar-refractivity contribution in [3.05, 3.63) is 108 Å². The van der Waals surface area contributed by atoms with Gasteiger partial charge in [0.25, 0.3) is 0 Å². The van der Waals surface area contributed by atoms with Gasteiger partial charge in [-0.1, -0.05) is 91.0 Å². The van der Waals surface area contributed by atoms with Crippen molar-refractivity contribution in [2.24, 2.45) is 0 Å². The van der Waals surface area contributed by atoms with Gasteiger partial charge in [-0.05, 0) is 50.1 Å². The third-order valence-corrected chi connectivity index (χ3v) is 6.08. The van der Waals surface area contributed by atoms with Gasteiger partial charge in [-0.25, -0.2) is 5.26 Å². The second-order valence-corrected chi connectivity index (χ2v) is 9.52. The third kappa shape index (κ3) is 11.0. The van der Waals surface area contributed by atoms with Crippen LogP contribution in [0.3, 0.4) is 0 Å². The average Bonchev–Trinajstić information content (AvgIpc) is 3.86. The van der Waals surface area contributed by atoms with E-state index in [0.29, 0.717) is 6.04 Å². The summed E-state index contributed by atoms with van der Waals surface area (Å²) >= 11 is 6.39. The van der Waals surface area contributed by atoms with Crippen LogP contribution in [0.1, 0.15) is 32.0 Å². The summed E-state index contributed by atoms with van der Waals surface area (Å²) in [7, 11) is 2.13. The van der Waals surface area contributed by atoms with Crippen molar-refractivity contribution >= 4 is 29.8 Å². The minimum Gasteiger partial charge on any atom is -1.00 e. The molecule has 4 atom stereocenters. The summed E-state index contributed by atoms with van der Waals surface area (Å²) in [6.07, 6.45) is 5.56. The molecule has 5 nitrogen and oxygen atoms in total. The number of nitrogens with zero attached hydrogens (tertiary/aromatic N) is 2. The standard InChI is InChI=1S/C22H21N.C4H9N.C2H6S.CH3Cl.CH2O3.Na.H/c1-18-17-23(18)22(19-11-5-2-6-12-19,20-13-7-3-8-14-20)21-15-9-4-10-16-21;1-4-3-5(4)2;1-3-2;1-2;2-1-4-3;;/h2-16,18H,17H2,1H3;4H,3H2,1-2H3;1-2H3;1H3;1,3H;;/q;;;;;+1;-1. The van der Waals surface area contributed by atoms with Crippen molar-refractivity contribution in [2.45, 2.75) is 31.5 Å². The molecule has 0 aliphatic carbocycles. The fourth-order valence-electron chi connectivity index (χ4n) is 4.11. The molecule has 0 amide bonds. The van der Waals surface area contributed by atoms with Gasteiger partial charge in [0.05, 0.1) is 5.54 Å². The zero-order valence-electron chi connectivity index (χ0n) is 24.8. The van der Waals surface area contributed by atoms with Gasteiger partial charge >= 0.3 is 36.0 Å². The summed E-state index contributed by atoms with van der Waals surface area (Å²) in [5, 5.41) is 7.01. The first-order valence-corrected chi connectivity index (χ1v) is 14.5. The quantitative estimate of drug-likeness (QED) is 0.0966. The van der Waals surface area contributed by atoms with Crippen molar-refractivity contribution in [1.29, 1.82) is 0 Å². The van der Waals surface area contributed by atoms with Crippen molar-refractivity contribution in [3.8, 4) is 0 Å². The number of likely N-dealkylation sites (N-methyl/N-ethyl adjacent to an activating group) is 1. The maximum Gasteiger partial charge on any atom is 1.00 e. The minimum atomic E-state index is -0.205. The van der Waals surface area contributed by atoms with Gasteiger partial charge in [0.1, 0.15) is 0 Å². The molecule has 0 radical (unpaired) electrons. The third-order valence-electron chi connectivity index (χ3n) is 6.08. The number of carbonyl (C=O) groups excluding carboxylic acids is 1. The van der Waals surface area contributed by atoms with Crippen molar-refractivity contribution in [1.82, 2.24) is 9.80 Å². The van der Waals surface area contributed by atoms with Gasteiger partial charge in [0.15, 0.2) is 0 Å². The summed E-state index contributed by atoms with van der Waals surface area (Å²) in [5.74, 6) is 0. The molecule has 2 saturated heterocycles. The number of benzene rings is 3. The average molecular weight is 569 g/mol. The van der Waals surface area contributed by atoms with E-state index in [4.69, 9.17) is 10.1 Å². The Kier molecular flexibility index (Phi) is 19.8. The van der Waals surface area contributed by atoms with E-state index < -0.39 is 0 Å². The number of alkyl halides is 1. The van der Waals surface area contributed by atoms with E-state index in [1.54, 1.807) is 11.8 Å². The van der Waals surface area contributed by atoms with Crippen LogP contribution in [0.4, 0.5) is 0 Å². The van der Waals surface area contributed by atoms with Gasteiger partial charge in [0.2, 0.25) is 0 Å². The fourth-order valence-corrected chi connectivity index (χ4v) is 4.11. The van der Waals surface area contributed by atoms with Crippen LogP contribution in [0.2, 0.25) is 0 Å². The van der Waals surface area contributed by atoms with E-state index in [9.17, 15) is 0 Å². The van der Waals surface area contributed by atoms with E-state index in [1.807, 2.05) is 12.5 Å².